The molecule has 0 amide bonds. The van der Waals surface area contributed by atoms with Crippen LogP contribution in [0.15, 0.2) is 36.4 Å². The molecule has 1 aromatic carbocycles. The molecule has 0 aliphatic carbocycles. The maximum Gasteiger partial charge on any atom is 0.104 e. The lowest BCUT2D eigenvalue weighted by Crippen LogP contribution is -2.43. The first-order valence-electron chi connectivity index (χ1n) is 6.80. The van der Waals surface area contributed by atoms with Crippen LogP contribution >= 0.6 is 11.6 Å². The number of halogens is 1. The third-order valence-corrected chi connectivity index (χ3v) is 5.10. The summed E-state index contributed by atoms with van der Waals surface area (Å²) < 4.78 is 6.10. The molecule has 2 N–H and O–H groups in total. The molecule has 100 valence electrons. The van der Waals surface area contributed by atoms with Crippen LogP contribution in [0.25, 0.3) is 0 Å². The van der Waals surface area contributed by atoms with E-state index >= 15 is 0 Å². The minimum atomic E-state index is -0.212. The molecular formula is C15H17ClN2O. The molecule has 3 aliphatic heterocycles. The third kappa shape index (κ3) is 1.59. The Morgan fingerprint density at radius 2 is 2.11 bits per heavy atom. The number of nitrogens with zero attached hydrogens (tertiary/aromatic N) is 1. The fraction of sp³-hybridized carbons (Fsp3) is 0.467. The number of hydrogen-bond acceptors (Lipinski definition) is 3. The van der Waals surface area contributed by atoms with E-state index < -0.39 is 0 Å². The van der Waals surface area contributed by atoms with Gasteiger partial charge in [0.15, 0.2) is 0 Å². The average Bonchev–Trinajstić information content (AvgIpc) is 3.10. The minimum absolute atomic E-state index is 0.212. The lowest BCUT2D eigenvalue weighted by molar-refractivity contribution is 0.0181. The number of anilines is 1. The standard InChI is InChI=1S/C15H17ClN2O/c16-10-1-3-11(4-2-10)18-7-12-13(8-18)15(9-17)6-5-14(12)19-15/h1-6,12-14H,7-9,17H2. The largest absolute Gasteiger partial charge is 0.371 e. The van der Waals surface area contributed by atoms with Gasteiger partial charge in [0.1, 0.15) is 5.60 Å². The second kappa shape index (κ2) is 3.98. The summed E-state index contributed by atoms with van der Waals surface area (Å²) in [5, 5.41) is 0.784. The molecular weight excluding hydrogens is 260 g/mol. The van der Waals surface area contributed by atoms with Gasteiger partial charge in [0, 0.05) is 42.2 Å². The van der Waals surface area contributed by atoms with Gasteiger partial charge in [-0.15, -0.1) is 0 Å². The van der Waals surface area contributed by atoms with Gasteiger partial charge in [-0.3, -0.25) is 0 Å². The van der Waals surface area contributed by atoms with E-state index in [0.717, 1.165) is 18.1 Å². The van der Waals surface area contributed by atoms with Crippen LogP contribution in [0.1, 0.15) is 0 Å². The molecule has 0 saturated carbocycles. The lowest BCUT2D eigenvalue weighted by Gasteiger charge is -2.29. The number of rotatable bonds is 2. The van der Waals surface area contributed by atoms with Crippen molar-refractivity contribution in [1.29, 1.82) is 0 Å². The highest BCUT2D eigenvalue weighted by Crippen LogP contribution is 2.50. The zero-order chi connectivity index (χ0) is 13.0. The molecule has 2 fully saturated rings. The fourth-order valence-corrected chi connectivity index (χ4v) is 3.97. The molecule has 0 spiro atoms. The number of fused-ring (bicyclic) bond motifs is 5. The first kappa shape index (κ1) is 11.8. The van der Waals surface area contributed by atoms with E-state index in [0.29, 0.717) is 18.4 Å². The molecule has 4 heteroatoms. The number of benzene rings is 1. The summed E-state index contributed by atoms with van der Waals surface area (Å²) in [6.07, 6.45) is 4.63. The maximum absolute atomic E-state index is 6.10. The van der Waals surface area contributed by atoms with E-state index in [1.807, 2.05) is 12.1 Å². The summed E-state index contributed by atoms with van der Waals surface area (Å²) in [7, 11) is 0. The van der Waals surface area contributed by atoms with Crippen molar-refractivity contribution in [2.75, 3.05) is 24.5 Å². The zero-order valence-electron chi connectivity index (χ0n) is 10.6. The van der Waals surface area contributed by atoms with Crippen LogP contribution in [0.3, 0.4) is 0 Å². The van der Waals surface area contributed by atoms with Crippen LogP contribution in [0.4, 0.5) is 5.69 Å². The Morgan fingerprint density at radius 3 is 2.84 bits per heavy atom. The van der Waals surface area contributed by atoms with Crippen molar-refractivity contribution < 1.29 is 4.74 Å². The van der Waals surface area contributed by atoms with Gasteiger partial charge >= 0.3 is 0 Å². The van der Waals surface area contributed by atoms with Crippen LogP contribution in [0.5, 0.6) is 0 Å². The zero-order valence-corrected chi connectivity index (χ0v) is 11.4. The van der Waals surface area contributed by atoms with Crippen molar-refractivity contribution in [2.45, 2.75) is 11.7 Å². The number of nitrogens with two attached hydrogens (primary N) is 1. The van der Waals surface area contributed by atoms with E-state index in [-0.39, 0.29) is 11.7 Å². The first-order valence-corrected chi connectivity index (χ1v) is 7.17. The van der Waals surface area contributed by atoms with Gasteiger partial charge in [0.05, 0.1) is 6.10 Å². The highest BCUT2D eigenvalue weighted by Gasteiger charge is 2.58. The van der Waals surface area contributed by atoms with Gasteiger partial charge in [0.2, 0.25) is 0 Å². The second-order valence-corrected chi connectivity index (χ2v) is 6.19. The van der Waals surface area contributed by atoms with Crippen LogP contribution in [0.2, 0.25) is 5.02 Å². The Hall–Kier alpha value is -1.03. The van der Waals surface area contributed by atoms with Gasteiger partial charge < -0.3 is 15.4 Å². The number of hydrogen-bond donors (Lipinski definition) is 1. The van der Waals surface area contributed by atoms with E-state index in [4.69, 9.17) is 22.1 Å². The fourth-order valence-electron chi connectivity index (χ4n) is 3.84. The van der Waals surface area contributed by atoms with E-state index in [2.05, 4.69) is 29.2 Å². The van der Waals surface area contributed by atoms with E-state index in [1.165, 1.54) is 5.69 Å². The highest BCUT2D eigenvalue weighted by atomic mass is 35.5. The van der Waals surface area contributed by atoms with Crippen LogP contribution in [-0.4, -0.2) is 31.3 Å². The van der Waals surface area contributed by atoms with Crippen LogP contribution < -0.4 is 10.6 Å². The molecule has 4 rings (SSSR count). The Balaban J connectivity index is 1.60. The third-order valence-electron chi connectivity index (χ3n) is 4.85. The molecule has 4 atom stereocenters. The molecule has 2 saturated heterocycles. The second-order valence-electron chi connectivity index (χ2n) is 5.75. The minimum Gasteiger partial charge on any atom is -0.371 e. The maximum atomic E-state index is 6.10. The topological polar surface area (TPSA) is 38.5 Å². The van der Waals surface area contributed by atoms with Crippen molar-refractivity contribution in [3.63, 3.8) is 0 Å². The number of ether oxygens (including phenoxy) is 1. The van der Waals surface area contributed by atoms with Gasteiger partial charge in [0.25, 0.3) is 0 Å². The summed E-state index contributed by atoms with van der Waals surface area (Å²) in [5.41, 5.74) is 6.98. The van der Waals surface area contributed by atoms with Crippen LogP contribution in [-0.2, 0) is 4.74 Å². The predicted octanol–water partition coefficient (Wildman–Crippen LogP) is 2.06. The van der Waals surface area contributed by atoms with Crippen molar-refractivity contribution in [1.82, 2.24) is 0 Å². The van der Waals surface area contributed by atoms with E-state index in [1.54, 1.807) is 0 Å². The van der Waals surface area contributed by atoms with Gasteiger partial charge in [-0.1, -0.05) is 23.8 Å². The summed E-state index contributed by atoms with van der Waals surface area (Å²) in [5.74, 6) is 1.09. The van der Waals surface area contributed by atoms with Crippen molar-refractivity contribution >= 4 is 17.3 Å². The van der Waals surface area contributed by atoms with Crippen molar-refractivity contribution in [3.8, 4) is 0 Å². The summed E-state index contributed by atoms with van der Waals surface area (Å²) >= 11 is 5.95. The first-order chi connectivity index (χ1) is 9.22. The molecule has 4 unspecified atom stereocenters. The summed E-state index contributed by atoms with van der Waals surface area (Å²) in [6, 6.07) is 8.09. The quantitative estimate of drug-likeness (QED) is 0.841. The highest BCUT2D eigenvalue weighted by molar-refractivity contribution is 6.30. The Labute approximate surface area is 118 Å². The van der Waals surface area contributed by atoms with Gasteiger partial charge in [-0.05, 0) is 24.3 Å². The van der Waals surface area contributed by atoms with E-state index in [9.17, 15) is 0 Å². The molecule has 1 aromatic rings. The van der Waals surface area contributed by atoms with Gasteiger partial charge in [-0.2, -0.15) is 0 Å². The summed E-state index contributed by atoms with van der Waals surface area (Å²) in [4.78, 5) is 2.43. The Morgan fingerprint density at radius 1 is 1.32 bits per heavy atom. The molecule has 3 nitrogen and oxygen atoms in total. The SMILES string of the molecule is NCC12C=CC(O1)C1CN(c3ccc(Cl)cc3)CC12. The molecule has 2 bridgehead atoms. The monoisotopic (exact) mass is 276 g/mol. The van der Waals surface area contributed by atoms with Crippen molar-refractivity contribution in [3.05, 3.63) is 41.4 Å². The van der Waals surface area contributed by atoms with Crippen molar-refractivity contribution in [2.24, 2.45) is 17.6 Å². The lowest BCUT2D eigenvalue weighted by atomic mass is 9.78. The average molecular weight is 277 g/mol. The Kier molecular flexibility index (Phi) is 2.47. The predicted molar refractivity (Wildman–Crippen MR) is 76.4 cm³/mol. The molecule has 0 aromatic heterocycles. The normalized spacial score (nSPS) is 39.1. The molecule has 0 radical (unpaired) electrons. The molecule has 3 aliphatic rings. The molecule has 19 heavy (non-hydrogen) atoms. The van der Waals surface area contributed by atoms with Gasteiger partial charge in [-0.25, -0.2) is 0 Å². The van der Waals surface area contributed by atoms with Crippen LogP contribution in [0, 0.1) is 11.8 Å². The summed E-state index contributed by atoms with van der Waals surface area (Å²) in [6.45, 7) is 2.64. The smallest absolute Gasteiger partial charge is 0.104 e. The molecule has 3 heterocycles. The Bertz CT molecular complexity index is 529.